The Morgan fingerprint density at radius 2 is 1.90 bits per heavy atom. The van der Waals surface area contributed by atoms with E-state index in [1.165, 1.54) is 5.56 Å². The number of amides is 2. The smallest absolute Gasteiger partial charge is 0.225 e. The van der Waals surface area contributed by atoms with Crippen LogP contribution in [0.25, 0.3) is 0 Å². The molecule has 0 radical (unpaired) electrons. The summed E-state index contributed by atoms with van der Waals surface area (Å²) in [5, 5.41) is 2.94. The van der Waals surface area contributed by atoms with Gasteiger partial charge in [0.1, 0.15) is 0 Å². The van der Waals surface area contributed by atoms with Crippen LogP contribution >= 0.6 is 0 Å². The second kappa shape index (κ2) is 6.74. The largest absolute Gasteiger partial charge is 0.352 e. The molecule has 114 valence electrons. The molecule has 0 saturated carbocycles. The second-order valence-electron chi connectivity index (χ2n) is 5.93. The van der Waals surface area contributed by atoms with E-state index in [0.717, 1.165) is 12.0 Å². The number of hydrogen-bond donors (Lipinski definition) is 1. The Bertz CT molecular complexity index is 508. The summed E-state index contributed by atoms with van der Waals surface area (Å²) >= 11 is 0. The fourth-order valence-electron chi connectivity index (χ4n) is 2.63. The monoisotopic (exact) mass is 288 g/mol. The van der Waals surface area contributed by atoms with Gasteiger partial charge in [-0.2, -0.15) is 0 Å². The molecule has 21 heavy (non-hydrogen) atoms. The SMILES string of the molecule is CCc1ccc(CNC(=O)[C@H]2CC(=O)N(C(C)C)C2)cc1. The fourth-order valence-corrected chi connectivity index (χ4v) is 2.63. The van der Waals surface area contributed by atoms with Crippen molar-refractivity contribution in [1.82, 2.24) is 10.2 Å². The highest BCUT2D eigenvalue weighted by Crippen LogP contribution is 2.20. The molecule has 2 rings (SSSR count). The molecule has 1 fully saturated rings. The first-order valence-corrected chi connectivity index (χ1v) is 7.66. The zero-order valence-corrected chi connectivity index (χ0v) is 13.1. The fraction of sp³-hybridized carbons (Fsp3) is 0.529. The maximum Gasteiger partial charge on any atom is 0.225 e. The van der Waals surface area contributed by atoms with Gasteiger partial charge in [-0.15, -0.1) is 0 Å². The lowest BCUT2D eigenvalue weighted by molar-refractivity contribution is -0.129. The first-order chi connectivity index (χ1) is 10.0. The number of benzene rings is 1. The van der Waals surface area contributed by atoms with Crippen molar-refractivity contribution in [3.05, 3.63) is 35.4 Å². The Morgan fingerprint density at radius 1 is 1.29 bits per heavy atom. The summed E-state index contributed by atoms with van der Waals surface area (Å²) in [6, 6.07) is 8.41. The Labute approximate surface area is 126 Å². The van der Waals surface area contributed by atoms with Gasteiger partial charge in [-0.3, -0.25) is 9.59 Å². The van der Waals surface area contributed by atoms with E-state index >= 15 is 0 Å². The number of likely N-dealkylation sites (tertiary alicyclic amines) is 1. The predicted molar refractivity (Wildman–Crippen MR) is 82.6 cm³/mol. The maximum atomic E-state index is 12.2. The van der Waals surface area contributed by atoms with Crippen molar-refractivity contribution < 1.29 is 9.59 Å². The number of hydrogen-bond acceptors (Lipinski definition) is 2. The van der Waals surface area contributed by atoms with Crippen molar-refractivity contribution in [3.8, 4) is 0 Å². The summed E-state index contributed by atoms with van der Waals surface area (Å²) in [7, 11) is 0. The van der Waals surface area contributed by atoms with E-state index in [1.807, 2.05) is 26.0 Å². The minimum absolute atomic E-state index is 0.0222. The molecule has 0 aromatic heterocycles. The minimum Gasteiger partial charge on any atom is -0.352 e. The quantitative estimate of drug-likeness (QED) is 0.902. The van der Waals surface area contributed by atoms with Crippen molar-refractivity contribution in [3.63, 3.8) is 0 Å². The molecule has 4 nitrogen and oxygen atoms in total. The molecule has 1 saturated heterocycles. The van der Waals surface area contributed by atoms with Crippen molar-refractivity contribution in [1.29, 1.82) is 0 Å². The van der Waals surface area contributed by atoms with Crippen LogP contribution in [0.15, 0.2) is 24.3 Å². The van der Waals surface area contributed by atoms with Crippen LogP contribution in [0.1, 0.15) is 38.3 Å². The highest BCUT2D eigenvalue weighted by Gasteiger charge is 2.35. The minimum atomic E-state index is -0.213. The summed E-state index contributed by atoms with van der Waals surface area (Å²) in [5.74, 6) is -0.154. The van der Waals surface area contributed by atoms with Gasteiger partial charge < -0.3 is 10.2 Å². The topological polar surface area (TPSA) is 49.4 Å². The lowest BCUT2D eigenvalue weighted by Crippen LogP contribution is -2.35. The van der Waals surface area contributed by atoms with Crippen molar-refractivity contribution >= 4 is 11.8 Å². The molecule has 0 spiro atoms. The molecule has 1 aromatic carbocycles. The third kappa shape index (κ3) is 3.84. The first-order valence-electron chi connectivity index (χ1n) is 7.66. The first kappa shape index (κ1) is 15.5. The molecule has 4 heteroatoms. The number of rotatable bonds is 5. The molecule has 1 heterocycles. The number of aryl methyl sites for hydroxylation is 1. The number of nitrogens with one attached hydrogen (secondary N) is 1. The van der Waals surface area contributed by atoms with E-state index in [4.69, 9.17) is 0 Å². The maximum absolute atomic E-state index is 12.2. The molecule has 1 atom stereocenters. The van der Waals surface area contributed by atoms with Gasteiger partial charge in [-0.1, -0.05) is 31.2 Å². The van der Waals surface area contributed by atoms with Gasteiger partial charge in [0.2, 0.25) is 11.8 Å². The van der Waals surface area contributed by atoms with Crippen molar-refractivity contribution in [2.75, 3.05) is 6.54 Å². The van der Waals surface area contributed by atoms with E-state index in [0.29, 0.717) is 19.5 Å². The molecular formula is C17H24N2O2. The van der Waals surface area contributed by atoms with Gasteiger partial charge in [-0.05, 0) is 31.4 Å². The molecule has 1 aromatic rings. The van der Waals surface area contributed by atoms with E-state index in [-0.39, 0.29) is 23.8 Å². The molecule has 0 bridgehead atoms. The average Bonchev–Trinajstić information content (AvgIpc) is 2.87. The summed E-state index contributed by atoms with van der Waals surface area (Å²) in [4.78, 5) is 25.8. The third-order valence-corrected chi connectivity index (χ3v) is 4.05. The summed E-state index contributed by atoms with van der Waals surface area (Å²) in [6.45, 7) is 7.14. The highest BCUT2D eigenvalue weighted by molar-refractivity contribution is 5.89. The standard InChI is InChI=1S/C17H24N2O2/c1-4-13-5-7-14(8-6-13)10-18-17(21)15-9-16(20)19(11-15)12(2)3/h5-8,12,15H,4,9-11H2,1-3H3,(H,18,21)/t15-/m0/s1. The van der Waals surface area contributed by atoms with Gasteiger partial charge in [0, 0.05) is 25.6 Å². The van der Waals surface area contributed by atoms with Crippen LogP contribution in [0.3, 0.4) is 0 Å². The lowest BCUT2D eigenvalue weighted by atomic mass is 10.1. The molecule has 1 aliphatic heterocycles. The van der Waals surface area contributed by atoms with Crippen LogP contribution < -0.4 is 5.32 Å². The normalized spacial score (nSPS) is 18.4. The van der Waals surface area contributed by atoms with Crippen LogP contribution in [0.4, 0.5) is 0 Å². The molecule has 1 N–H and O–H groups in total. The predicted octanol–water partition coefficient (Wildman–Crippen LogP) is 2.12. The van der Waals surface area contributed by atoms with Gasteiger partial charge in [0.05, 0.1) is 5.92 Å². The van der Waals surface area contributed by atoms with Crippen molar-refractivity contribution in [2.24, 2.45) is 5.92 Å². The Balaban J connectivity index is 1.86. The summed E-state index contributed by atoms with van der Waals surface area (Å²) in [5.41, 5.74) is 2.38. The number of nitrogens with zero attached hydrogens (tertiary/aromatic N) is 1. The molecule has 0 aliphatic carbocycles. The van der Waals surface area contributed by atoms with Gasteiger partial charge in [0.15, 0.2) is 0 Å². The van der Waals surface area contributed by atoms with E-state index in [1.54, 1.807) is 4.90 Å². The molecule has 0 unspecified atom stereocenters. The third-order valence-electron chi connectivity index (χ3n) is 4.05. The Hall–Kier alpha value is -1.84. The van der Waals surface area contributed by atoms with Crippen LogP contribution in [0.2, 0.25) is 0 Å². The van der Waals surface area contributed by atoms with E-state index in [9.17, 15) is 9.59 Å². The van der Waals surface area contributed by atoms with Gasteiger partial charge in [0.25, 0.3) is 0 Å². The van der Waals surface area contributed by atoms with E-state index < -0.39 is 0 Å². The molecule has 1 aliphatic rings. The van der Waals surface area contributed by atoms with E-state index in [2.05, 4.69) is 24.4 Å². The lowest BCUT2D eigenvalue weighted by Gasteiger charge is -2.20. The molecule has 2 amide bonds. The summed E-state index contributed by atoms with van der Waals surface area (Å²) in [6.07, 6.45) is 1.35. The van der Waals surface area contributed by atoms with Crippen LogP contribution in [-0.4, -0.2) is 29.3 Å². The van der Waals surface area contributed by atoms with Gasteiger partial charge >= 0.3 is 0 Å². The average molecular weight is 288 g/mol. The van der Waals surface area contributed by atoms with Crippen LogP contribution in [0, 0.1) is 5.92 Å². The highest BCUT2D eigenvalue weighted by atomic mass is 16.2. The summed E-state index contributed by atoms with van der Waals surface area (Å²) < 4.78 is 0. The number of carbonyl (C=O) groups excluding carboxylic acids is 2. The zero-order valence-electron chi connectivity index (χ0n) is 13.1. The second-order valence-corrected chi connectivity index (χ2v) is 5.93. The van der Waals surface area contributed by atoms with Crippen LogP contribution in [0.5, 0.6) is 0 Å². The Morgan fingerprint density at radius 3 is 2.43 bits per heavy atom. The van der Waals surface area contributed by atoms with Crippen molar-refractivity contribution in [2.45, 2.75) is 46.2 Å². The molecular weight excluding hydrogens is 264 g/mol. The number of carbonyl (C=O) groups is 2. The Kier molecular flexibility index (Phi) is 4.99. The van der Waals surface area contributed by atoms with Gasteiger partial charge in [-0.25, -0.2) is 0 Å². The zero-order chi connectivity index (χ0) is 15.4. The van der Waals surface area contributed by atoms with Crippen LogP contribution in [-0.2, 0) is 22.6 Å².